The molecule has 0 amide bonds. The first-order valence-electron chi connectivity index (χ1n) is 8.50. The van der Waals surface area contributed by atoms with Crippen molar-refractivity contribution in [1.82, 2.24) is 9.55 Å². The number of hydrogen-bond acceptors (Lipinski definition) is 1. The Morgan fingerprint density at radius 3 is 1.64 bits per heavy atom. The third-order valence-corrected chi connectivity index (χ3v) is 4.74. The SMILES string of the molecule is Cc1c(C)c(-c2ccncc2)n(-c2ccccc2)c1-c1ccccc1. The molecule has 122 valence electrons. The van der Waals surface area contributed by atoms with Crippen molar-refractivity contribution in [3.05, 3.63) is 96.3 Å². The van der Waals surface area contributed by atoms with Gasteiger partial charge in [-0.25, -0.2) is 0 Å². The Bertz CT molecular complexity index is 922. The van der Waals surface area contributed by atoms with Crippen molar-refractivity contribution in [1.29, 1.82) is 0 Å². The van der Waals surface area contributed by atoms with Crippen LogP contribution in [0.5, 0.6) is 0 Å². The molecule has 0 unspecified atom stereocenters. The number of rotatable bonds is 3. The van der Waals surface area contributed by atoms with Crippen molar-refractivity contribution in [3.8, 4) is 28.2 Å². The summed E-state index contributed by atoms with van der Waals surface area (Å²) in [6.45, 7) is 4.42. The van der Waals surface area contributed by atoms with Crippen LogP contribution in [0.3, 0.4) is 0 Å². The molecule has 2 heterocycles. The lowest BCUT2D eigenvalue weighted by Crippen LogP contribution is -2.00. The van der Waals surface area contributed by atoms with Crippen molar-refractivity contribution < 1.29 is 0 Å². The van der Waals surface area contributed by atoms with Crippen LogP contribution in [0.15, 0.2) is 85.2 Å². The Balaban J connectivity index is 2.09. The summed E-state index contributed by atoms with van der Waals surface area (Å²) in [4.78, 5) is 4.18. The van der Waals surface area contributed by atoms with Crippen molar-refractivity contribution in [2.75, 3.05) is 0 Å². The smallest absolute Gasteiger partial charge is 0.0568 e. The molecule has 2 nitrogen and oxygen atoms in total. The van der Waals surface area contributed by atoms with E-state index in [4.69, 9.17) is 0 Å². The summed E-state index contributed by atoms with van der Waals surface area (Å²) >= 11 is 0. The Labute approximate surface area is 148 Å². The van der Waals surface area contributed by atoms with E-state index in [0.717, 1.165) is 0 Å². The molecule has 0 saturated heterocycles. The molecule has 2 aromatic carbocycles. The van der Waals surface area contributed by atoms with Gasteiger partial charge in [-0.05, 0) is 54.8 Å². The standard InChI is InChI=1S/C23H20N2/c1-17-18(2)23(20-13-15-24-16-14-20)25(21-11-7-4-8-12-21)22(17)19-9-5-3-6-10-19/h3-16H,1-2H3. The molecule has 2 heteroatoms. The van der Waals surface area contributed by atoms with Crippen molar-refractivity contribution >= 4 is 0 Å². The lowest BCUT2D eigenvalue weighted by molar-refractivity contribution is 1.08. The molecule has 4 rings (SSSR count). The molecule has 2 aromatic heterocycles. The van der Waals surface area contributed by atoms with Gasteiger partial charge in [0.2, 0.25) is 0 Å². The van der Waals surface area contributed by atoms with Crippen LogP contribution in [-0.4, -0.2) is 9.55 Å². The zero-order valence-electron chi connectivity index (χ0n) is 14.5. The van der Waals surface area contributed by atoms with Crippen LogP contribution in [0.4, 0.5) is 0 Å². The lowest BCUT2D eigenvalue weighted by Gasteiger charge is -2.15. The van der Waals surface area contributed by atoms with Crippen LogP contribution in [-0.2, 0) is 0 Å². The molecular weight excluding hydrogens is 304 g/mol. The van der Waals surface area contributed by atoms with E-state index in [1.165, 1.54) is 39.3 Å². The molecule has 0 aliphatic rings. The fourth-order valence-electron chi connectivity index (χ4n) is 3.43. The molecule has 0 aliphatic heterocycles. The molecule has 0 saturated carbocycles. The molecule has 0 radical (unpaired) electrons. The van der Waals surface area contributed by atoms with Crippen LogP contribution in [0.25, 0.3) is 28.2 Å². The van der Waals surface area contributed by atoms with E-state index in [9.17, 15) is 0 Å². The second-order valence-electron chi connectivity index (χ2n) is 6.22. The van der Waals surface area contributed by atoms with Crippen LogP contribution in [0, 0.1) is 13.8 Å². The summed E-state index contributed by atoms with van der Waals surface area (Å²) in [5, 5.41) is 0. The Hall–Kier alpha value is -3.13. The highest BCUT2D eigenvalue weighted by atomic mass is 15.0. The minimum Gasteiger partial charge on any atom is -0.309 e. The molecule has 0 bridgehead atoms. The third-order valence-electron chi connectivity index (χ3n) is 4.74. The topological polar surface area (TPSA) is 17.8 Å². The number of benzene rings is 2. The number of pyridine rings is 1. The van der Waals surface area contributed by atoms with E-state index in [-0.39, 0.29) is 0 Å². The highest BCUT2D eigenvalue weighted by Crippen LogP contribution is 2.38. The molecule has 25 heavy (non-hydrogen) atoms. The van der Waals surface area contributed by atoms with Crippen LogP contribution in [0.2, 0.25) is 0 Å². The van der Waals surface area contributed by atoms with Crippen molar-refractivity contribution in [2.45, 2.75) is 13.8 Å². The predicted molar refractivity (Wildman–Crippen MR) is 104 cm³/mol. The Morgan fingerprint density at radius 1 is 0.600 bits per heavy atom. The first-order chi connectivity index (χ1) is 12.3. The van der Waals surface area contributed by atoms with E-state index >= 15 is 0 Å². The van der Waals surface area contributed by atoms with Gasteiger partial charge in [0.05, 0.1) is 11.4 Å². The highest BCUT2D eigenvalue weighted by Gasteiger charge is 2.20. The minimum atomic E-state index is 1.17. The predicted octanol–water partition coefficient (Wildman–Crippen LogP) is 5.82. The summed E-state index contributed by atoms with van der Waals surface area (Å²) in [7, 11) is 0. The molecule has 0 spiro atoms. The van der Waals surface area contributed by atoms with Crippen LogP contribution < -0.4 is 0 Å². The van der Waals surface area contributed by atoms with E-state index in [0.29, 0.717) is 0 Å². The Morgan fingerprint density at radius 2 is 1.08 bits per heavy atom. The van der Waals surface area contributed by atoms with E-state index in [1.54, 1.807) is 0 Å². The number of nitrogens with zero attached hydrogens (tertiary/aromatic N) is 2. The average molecular weight is 324 g/mol. The van der Waals surface area contributed by atoms with Gasteiger partial charge in [-0.1, -0.05) is 48.5 Å². The Kier molecular flexibility index (Phi) is 3.95. The molecular formula is C23H20N2. The van der Waals surface area contributed by atoms with Gasteiger partial charge in [-0.3, -0.25) is 4.98 Å². The zero-order valence-corrected chi connectivity index (χ0v) is 14.5. The summed E-state index contributed by atoms with van der Waals surface area (Å²) in [5.74, 6) is 0. The average Bonchev–Trinajstić information content (AvgIpc) is 2.95. The second kappa shape index (κ2) is 6.40. The number of aromatic nitrogens is 2. The number of para-hydroxylation sites is 1. The van der Waals surface area contributed by atoms with Gasteiger partial charge in [-0.15, -0.1) is 0 Å². The first kappa shape index (κ1) is 15.4. The molecule has 0 aliphatic carbocycles. The van der Waals surface area contributed by atoms with Gasteiger partial charge in [0.1, 0.15) is 0 Å². The summed E-state index contributed by atoms with van der Waals surface area (Å²) in [6.07, 6.45) is 3.71. The van der Waals surface area contributed by atoms with Gasteiger partial charge < -0.3 is 4.57 Å². The van der Waals surface area contributed by atoms with Gasteiger partial charge >= 0.3 is 0 Å². The summed E-state index contributed by atoms with van der Waals surface area (Å²) < 4.78 is 2.37. The maximum Gasteiger partial charge on any atom is 0.0568 e. The molecule has 4 aromatic rings. The fourth-order valence-corrected chi connectivity index (χ4v) is 3.43. The molecule has 0 atom stereocenters. The minimum absolute atomic E-state index is 1.17. The first-order valence-corrected chi connectivity index (χ1v) is 8.50. The number of hydrogen-bond donors (Lipinski definition) is 0. The molecule has 0 N–H and O–H groups in total. The fraction of sp³-hybridized carbons (Fsp3) is 0.0870. The highest BCUT2D eigenvalue weighted by molar-refractivity contribution is 5.79. The largest absolute Gasteiger partial charge is 0.309 e. The van der Waals surface area contributed by atoms with Gasteiger partial charge in [0, 0.05) is 23.6 Å². The van der Waals surface area contributed by atoms with Crippen LogP contribution in [0.1, 0.15) is 11.1 Å². The van der Waals surface area contributed by atoms with Gasteiger partial charge in [-0.2, -0.15) is 0 Å². The van der Waals surface area contributed by atoms with Gasteiger partial charge in [0.25, 0.3) is 0 Å². The second-order valence-corrected chi connectivity index (χ2v) is 6.22. The third kappa shape index (κ3) is 2.66. The summed E-state index contributed by atoms with van der Waals surface area (Å²) in [5.41, 5.74) is 8.66. The maximum absolute atomic E-state index is 4.18. The van der Waals surface area contributed by atoms with E-state index < -0.39 is 0 Å². The van der Waals surface area contributed by atoms with E-state index in [2.05, 4.69) is 96.2 Å². The summed E-state index contributed by atoms with van der Waals surface area (Å²) in [6, 6.07) is 25.3. The quantitative estimate of drug-likeness (QED) is 0.464. The monoisotopic (exact) mass is 324 g/mol. The lowest BCUT2D eigenvalue weighted by atomic mass is 10.0. The zero-order chi connectivity index (χ0) is 17.2. The maximum atomic E-state index is 4.18. The molecule has 0 fully saturated rings. The van der Waals surface area contributed by atoms with E-state index in [1.807, 2.05) is 12.4 Å². The van der Waals surface area contributed by atoms with Crippen molar-refractivity contribution in [3.63, 3.8) is 0 Å². The normalized spacial score (nSPS) is 10.8. The van der Waals surface area contributed by atoms with Crippen molar-refractivity contribution in [2.24, 2.45) is 0 Å². The van der Waals surface area contributed by atoms with Gasteiger partial charge in [0.15, 0.2) is 0 Å². The van der Waals surface area contributed by atoms with Crippen LogP contribution >= 0.6 is 0 Å².